The Morgan fingerprint density at radius 3 is 2.76 bits per heavy atom. The van der Waals surface area contributed by atoms with E-state index in [1.165, 1.54) is 0 Å². The van der Waals surface area contributed by atoms with Crippen LogP contribution < -0.4 is 5.32 Å². The molecule has 1 rings (SSSR count). The molecule has 0 aromatic carbocycles. The number of hydrogen-bond acceptors (Lipinski definition) is 3. The van der Waals surface area contributed by atoms with E-state index in [4.69, 9.17) is 4.74 Å². The van der Waals surface area contributed by atoms with E-state index in [0.29, 0.717) is 12.6 Å². The Morgan fingerprint density at radius 1 is 1.53 bits per heavy atom. The van der Waals surface area contributed by atoms with Gasteiger partial charge < -0.3 is 10.1 Å². The van der Waals surface area contributed by atoms with Crippen molar-refractivity contribution in [2.45, 2.75) is 39.3 Å². The molecule has 0 aliphatic carbocycles. The van der Waals surface area contributed by atoms with Crippen molar-refractivity contribution >= 4 is 15.9 Å². The lowest BCUT2D eigenvalue weighted by Gasteiger charge is -2.20. The van der Waals surface area contributed by atoms with Gasteiger partial charge in [0.05, 0.1) is 29.0 Å². The molecule has 0 aliphatic heterocycles. The second kappa shape index (κ2) is 7.13. The lowest BCUT2D eigenvalue weighted by atomic mass is 10.2. The van der Waals surface area contributed by atoms with Crippen molar-refractivity contribution in [2.24, 2.45) is 0 Å². The number of hydrogen-bond donors (Lipinski definition) is 1. The summed E-state index contributed by atoms with van der Waals surface area (Å²) in [5, 5.41) is 7.67. The highest BCUT2D eigenvalue weighted by atomic mass is 79.9. The molecule has 1 aromatic rings. The zero-order chi connectivity index (χ0) is 12.8. The van der Waals surface area contributed by atoms with Crippen LogP contribution in [0.2, 0.25) is 0 Å². The molecule has 98 valence electrons. The molecule has 5 heteroatoms. The summed E-state index contributed by atoms with van der Waals surface area (Å²) in [6.45, 7) is 7.83. The summed E-state index contributed by atoms with van der Waals surface area (Å²) in [5.41, 5.74) is 1.15. The van der Waals surface area contributed by atoms with Crippen molar-refractivity contribution in [1.82, 2.24) is 15.1 Å². The van der Waals surface area contributed by atoms with E-state index in [1.807, 2.05) is 17.9 Å². The summed E-state index contributed by atoms with van der Waals surface area (Å²) in [4.78, 5) is 0. The van der Waals surface area contributed by atoms with Crippen LogP contribution in [0.4, 0.5) is 0 Å². The Morgan fingerprint density at radius 2 is 2.24 bits per heavy atom. The van der Waals surface area contributed by atoms with Gasteiger partial charge in [0.15, 0.2) is 0 Å². The Bertz CT molecular complexity index is 338. The highest BCUT2D eigenvalue weighted by Crippen LogP contribution is 2.26. The first-order valence-electron chi connectivity index (χ1n) is 6.09. The number of rotatable bonds is 7. The van der Waals surface area contributed by atoms with Gasteiger partial charge in [-0.05, 0) is 43.2 Å². The third kappa shape index (κ3) is 3.79. The van der Waals surface area contributed by atoms with Gasteiger partial charge in [0.2, 0.25) is 0 Å². The predicted molar refractivity (Wildman–Crippen MR) is 73.2 cm³/mol. The average Bonchev–Trinajstić information content (AvgIpc) is 2.67. The van der Waals surface area contributed by atoms with Crippen molar-refractivity contribution in [3.8, 4) is 0 Å². The van der Waals surface area contributed by atoms with Gasteiger partial charge in [0.25, 0.3) is 0 Å². The third-order valence-electron chi connectivity index (χ3n) is 2.59. The van der Waals surface area contributed by atoms with E-state index in [9.17, 15) is 0 Å². The van der Waals surface area contributed by atoms with Crippen molar-refractivity contribution < 1.29 is 4.74 Å². The monoisotopic (exact) mass is 303 g/mol. The normalized spacial score (nSPS) is 13.3. The lowest BCUT2D eigenvalue weighted by Crippen LogP contribution is -2.26. The number of aromatic nitrogens is 2. The summed E-state index contributed by atoms with van der Waals surface area (Å²) < 4.78 is 8.69. The highest BCUT2D eigenvalue weighted by Gasteiger charge is 2.20. The molecule has 1 atom stereocenters. The van der Waals surface area contributed by atoms with Crippen molar-refractivity contribution in [2.75, 3.05) is 20.3 Å². The minimum atomic E-state index is 0.167. The van der Waals surface area contributed by atoms with E-state index in [2.05, 4.69) is 47.1 Å². The van der Waals surface area contributed by atoms with Gasteiger partial charge in [-0.3, -0.25) is 4.68 Å². The molecule has 1 N–H and O–H groups in total. The Labute approximate surface area is 112 Å². The van der Waals surface area contributed by atoms with Gasteiger partial charge >= 0.3 is 0 Å². The molecule has 0 amide bonds. The average molecular weight is 304 g/mol. The molecule has 0 fully saturated rings. The molecule has 4 nitrogen and oxygen atoms in total. The highest BCUT2D eigenvalue weighted by molar-refractivity contribution is 9.10. The first kappa shape index (κ1) is 14.7. The summed E-state index contributed by atoms with van der Waals surface area (Å²) >= 11 is 3.56. The fraction of sp³-hybridized carbons (Fsp3) is 0.750. The Hall–Kier alpha value is -0.390. The first-order chi connectivity index (χ1) is 8.11. The van der Waals surface area contributed by atoms with Crippen LogP contribution in [-0.4, -0.2) is 30.0 Å². The van der Waals surface area contributed by atoms with Gasteiger partial charge in [-0.25, -0.2) is 0 Å². The maximum absolute atomic E-state index is 5.62. The van der Waals surface area contributed by atoms with Crippen molar-refractivity contribution in [3.05, 3.63) is 16.4 Å². The fourth-order valence-corrected chi connectivity index (χ4v) is 2.28. The minimum Gasteiger partial charge on any atom is -0.379 e. The van der Waals surface area contributed by atoms with E-state index >= 15 is 0 Å². The second-order valence-electron chi connectivity index (χ2n) is 4.33. The molecular weight excluding hydrogens is 282 g/mol. The Balaban J connectivity index is 2.82. The van der Waals surface area contributed by atoms with Crippen LogP contribution in [0.3, 0.4) is 0 Å². The molecule has 0 saturated carbocycles. The van der Waals surface area contributed by atoms with E-state index in [-0.39, 0.29) is 6.04 Å². The Kier molecular flexibility index (Phi) is 6.16. The van der Waals surface area contributed by atoms with Crippen molar-refractivity contribution in [1.29, 1.82) is 0 Å². The van der Waals surface area contributed by atoms with Gasteiger partial charge in [-0.2, -0.15) is 5.10 Å². The molecule has 0 saturated heterocycles. The molecule has 0 bridgehead atoms. The number of ether oxygens (including phenoxy) is 1. The lowest BCUT2D eigenvalue weighted by molar-refractivity contribution is 0.111. The fourth-order valence-electron chi connectivity index (χ4n) is 1.73. The first-order valence-corrected chi connectivity index (χ1v) is 6.89. The zero-order valence-corrected chi connectivity index (χ0v) is 12.6. The third-order valence-corrected chi connectivity index (χ3v) is 3.20. The summed E-state index contributed by atoms with van der Waals surface area (Å²) in [7, 11) is 1.95. The number of nitrogens with one attached hydrogen (secondary N) is 1. The molecule has 0 spiro atoms. The molecule has 0 radical (unpaired) electrons. The molecule has 17 heavy (non-hydrogen) atoms. The molecule has 0 aliphatic rings. The quantitative estimate of drug-likeness (QED) is 0.787. The number of halogens is 1. The van der Waals surface area contributed by atoms with Gasteiger partial charge in [0, 0.05) is 12.6 Å². The molecular formula is C12H22BrN3O. The van der Waals surface area contributed by atoms with Crippen LogP contribution >= 0.6 is 15.9 Å². The molecule has 1 heterocycles. The van der Waals surface area contributed by atoms with Crippen LogP contribution in [-0.2, 0) is 4.74 Å². The topological polar surface area (TPSA) is 39.1 Å². The van der Waals surface area contributed by atoms with Gasteiger partial charge in [-0.1, -0.05) is 6.92 Å². The maximum Gasteiger partial charge on any atom is 0.0738 e. The summed E-state index contributed by atoms with van der Waals surface area (Å²) in [6, 6.07) is 0.513. The van der Waals surface area contributed by atoms with Crippen LogP contribution in [0.15, 0.2) is 10.7 Å². The van der Waals surface area contributed by atoms with Gasteiger partial charge in [0.1, 0.15) is 0 Å². The zero-order valence-electron chi connectivity index (χ0n) is 11.0. The van der Waals surface area contributed by atoms with E-state index in [1.54, 1.807) is 0 Å². The maximum atomic E-state index is 5.62. The predicted octanol–water partition coefficient (Wildman–Crippen LogP) is 2.91. The summed E-state index contributed by atoms with van der Waals surface area (Å²) in [5.74, 6) is 0. The van der Waals surface area contributed by atoms with E-state index in [0.717, 1.165) is 23.2 Å². The van der Waals surface area contributed by atoms with Crippen LogP contribution in [0.25, 0.3) is 0 Å². The van der Waals surface area contributed by atoms with Crippen LogP contribution in [0.5, 0.6) is 0 Å². The van der Waals surface area contributed by atoms with Crippen molar-refractivity contribution in [3.63, 3.8) is 0 Å². The molecule has 1 unspecified atom stereocenters. The number of likely N-dealkylation sites (N-methyl/N-ethyl adjacent to an activating group) is 1. The largest absolute Gasteiger partial charge is 0.379 e. The standard InChI is InChI=1S/C12H22BrN3O/c1-5-6-17-8-11(14-4)12-10(13)7-15-16(12)9(2)3/h7,9,11,14H,5-6,8H2,1-4H3. The minimum absolute atomic E-state index is 0.167. The SMILES string of the molecule is CCCOCC(NC)c1c(Br)cnn1C(C)C. The smallest absolute Gasteiger partial charge is 0.0738 e. The number of nitrogens with zero attached hydrogens (tertiary/aromatic N) is 2. The second-order valence-corrected chi connectivity index (χ2v) is 5.19. The van der Waals surface area contributed by atoms with Crippen LogP contribution in [0, 0.1) is 0 Å². The van der Waals surface area contributed by atoms with Crippen LogP contribution in [0.1, 0.15) is 45.0 Å². The van der Waals surface area contributed by atoms with E-state index < -0.39 is 0 Å². The molecule has 1 aromatic heterocycles. The van der Waals surface area contributed by atoms with Gasteiger partial charge in [-0.15, -0.1) is 0 Å². The summed E-state index contributed by atoms with van der Waals surface area (Å²) in [6.07, 6.45) is 2.89.